The van der Waals surface area contributed by atoms with Gasteiger partial charge in [0.15, 0.2) is 0 Å². The number of aliphatic hydroxyl groups is 2. The number of anilines is 3. The number of imidazole rings is 1. The highest BCUT2D eigenvalue weighted by Crippen LogP contribution is 2.34. The highest BCUT2D eigenvalue weighted by molar-refractivity contribution is 6.32. The van der Waals surface area contributed by atoms with E-state index in [9.17, 15) is 10.2 Å². The molecule has 0 unspecified atom stereocenters. The molecule has 0 spiro atoms. The molecular formula is C28H32ClN7O3. The van der Waals surface area contributed by atoms with Crippen LogP contribution in [0.25, 0.3) is 16.9 Å². The van der Waals surface area contributed by atoms with Crippen molar-refractivity contribution in [2.75, 3.05) is 61.1 Å². The molecule has 2 N–H and O–H groups in total. The summed E-state index contributed by atoms with van der Waals surface area (Å²) in [7, 11) is 1.56. The van der Waals surface area contributed by atoms with E-state index in [2.05, 4.69) is 31.8 Å². The Kier molecular flexibility index (Phi) is 7.16. The molecule has 6 rings (SSSR count). The lowest BCUT2D eigenvalue weighted by atomic mass is 10.1. The van der Waals surface area contributed by atoms with Crippen LogP contribution in [0.1, 0.15) is 18.4 Å². The first-order valence-corrected chi connectivity index (χ1v) is 13.6. The number of hydrogen-bond acceptors (Lipinski definition) is 9. The molecule has 1 aromatic carbocycles. The van der Waals surface area contributed by atoms with Crippen molar-refractivity contribution in [2.45, 2.75) is 25.6 Å². The molecule has 4 aromatic rings. The van der Waals surface area contributed by atoms with Gasteiger partial charge < -0.3 is 34.1 Å². The third kappa shape index (κ3) is 5.19. The molecule has 3 aromatic heterocycles. The topological polar surface area (TPSA) is 102 Å². The molecule has 5 heterocycles. The van der Waals surface area contributed by atoms with Gasteiger partial charge in [-0.15, -0.1) is 0 Å². The first-order chi connectivity index (χ1) is 19.0. The van der Waals surface area contributed by atoms with Crippen molar-refractivity contribution in [3.05, 3.63) is 59.5 Å². The number of hydrogen-bond donors (Lipinski definition) is 2. The Morgan fingerprint density at radius 2 is 1.74 bits per heavy atom. The van der Waals surface area contributed by atoms with Crippen LogP contribution < -0.4 is 19.4 Å². The molecule has 2 aliphatic heterocycles. The summed E-state index contributed by atoms with van der Waals surface area (Å²) in [4.78, 5) is 21.0. The van der Waals surface area contributed by atoms with Crippen molar-refractivity contribution in [3.63, 3.8) is 0 Å². The SMILES string of the molecule is COc1cc(CO)c(-c2cn3ccc(N4CCN(c5ccnc(N6CCC(O)CC6)n5)CC4)cc3n2)cc1Cl. The molecule has 0 radical (unpaired) electrons. The van der Waals surface area contributed by atoms with E-state index in [1.807, 2.05) is 29.1 Å². The zero-order chi connectivity index (χ0) is 26.9. The smallest absolute Gasteiger partial charge is 0.227 e. The number of fused-ring (bicyclic) bond motifs is 1. The fourth-order valence-electron chi connectivity index (χ4n) is 5.35. The average Bonchev–Trinajstić information content (AvgIpc) is 3.41. The summed E-state index contributed by atoms with van der Waals surface area (Å²) in [5.41, 5.74) is 4.18. The molecule has 0 aliphatic carbocycles. The summed E-state index contributed by atoms with van der Waals surface area (Å²) < 4.78 is 7.28. The van der Waals surface area contributed by atoms with E-state index in [0.29, 0.717) is 16.3 Å². The van der Waals surface area contributed by atoms with Crippen molar-refractivity contribution < 1.29 is 14.9 Å². The van der Waals surface area contributed by atoms with Crippen LogP contribution in [0.2, 0.25) is 5.02 Å². The number of ether oxygens (including phenoxy) is 1. The monoisotopic (exact) mass is 549 g/mol. The number of pyridine rings is 1. The normalized spacial score (nSPS) is 16.8. The van der Waals surface area contributed by atoms with Crippen molar-refractivity contribution >= 4 is 34.7 Å². The average molecular weight is 550 g/mol. The summed E-state index contributed by atoms with van der Waals surface area (Å²) in [6.07, 6.45) is 7.09. The Hall–Kier alpha value is -3.60. The Morgan fingerprint density at radius 1 is 0.974 bits per heavy atom. The standard InChI is InChI=1S/C28H32ClN7O3/c1-39-25-14-19(18-37)22(16-23(25)29)24-17-36-7-3-20(15-27(36)31-24)33-10-12-34(13-11-33)26-2-6-30-28(32-26)35-8-4-21(38)5-9-35/h2-3,6-7,14-17,21,37-38H,4-5,8-13,18H2,1H3. The molecule has 2 saturated heterocycles. The molecule has 2 fully saturated rings. The highest BCUT2D eigenvalue weighted by atomic mass is 35.5. The van der Waals surface area contributed by atoms with Gasteiger partial charge in [0, 0.05) is 75.2 Å². The fraction of sp³-hybridized carbons (Fsp3) is 0.393. The number of benzene rings is 1. The number of rotatable bonds is 6. The van der Waals surface area contributed by atoms with Crippen LogP contribution in [0, 0.1) is 0 Å². The number of piperazine rings is 1. The lowest BCUT2D eigenvalue weighted by Gasteiger charge is -2.37. The Labute approximate surface area is 232 Å². The van der Waals surface area contributed by atoms with Gasteiger partial charge in [0.25, 0.3) is 0 Å². The van der Waals surface area contributed by atoms with E-state index in [1.54, 1.807) is 19.2 Å². The maximum Gasteiger partial charge on any atom is 0.227 e. The van der Waals surface area contributed by atoms with E-state index in [4.69, 9.17) is 26.3 Å². The van der Waals surface area contributed by atoms with Crippen LogP contribution in [0.15, 0.2) is 48.9 Å². The minimum absolute atomic E-state index is 0.138. The minimum Gasteiger partial charge on any atom is -0.495 e. The zero-order valence-corrected chi connectivity index (χ0v) is 22.6. The van der Waals surface area contributed by atoms with Crippen molar-refractivity contribution in [2.24, 2.45) is 0 Å². The van der Waals surface area contributed by atoms with Crippen LogP contribution >= 0.6 is 11.6 Å². The van der Waals surface area contributed by atoms with Crippen LogP contribution in [-0.2, 0) is 6.61 Å². The molecule has 0 atom stereocenters. The number of methoxy groups -OCH3 is 1. The van der Waals surface area contributed by atoms with E-state index in [1.165, 1.54) is 0 Å². The molecule has 0 amide bonds. The van der Waals surface area contributed by atoms with Gasteiger partial charge in [-0.1, -0.05) is 11.6 Å². The summed E-state index contributed by atoms with van der Waals surface area (Å²) >= 11 is 6.37. The quantitative estimate of drug-likeness (QED) is 0.375. The van der Waals surface area contributed by atoms with Gasteiger partial charge in [0.1, 0.15) is 17.2 Å². The first kappa shape index (κ1) is 25.7. The van der Waals surface area contributed by atoms with E-state index >= 15 is 0 Å². The summed E-state index contributed by atoms with van der Waals surface area (Å²) in [6, 6.07) is 9.72. The molecule has 0 bridgehead atoms. The van der Waals surface area contributed by atoms with Gasteiger partial charge >= 0.3 is 0 Å². The second kappa shape index (κ2) is 10.9. The van der Waals surface area contributed by atoms with Gasteiger partial charge in [0.05, 0.1) is 30.5 Å². The van der Waals surface area contributed by atoms with Crippen LogP contribution in [0.4, 0.5) is 17.5 Å². The second-order valence-corrected chi connectivity index (χ2v) is 10.4. The van der Waals surface area contributed by atoms with Gasteiger partial charge in [0.2, 0.25) is 5.95 Å². The van der Waals surface area contributed by atoms with Crippen molar-refractivity contribution in [3.8, 4) is 17.0 Å². The minimum atomic E-state index is -0.218. The molecule has 11 heteroatoms. The molecule has 39 heavy (non-hydrogen) atoms. The fourth-order valence-corrected chi connectivity index (χ4v) is 5.59. The van der Waals surface area contributed by atoms with Gasteiger partial charge in [-0.2, -0.15) is 4.98 Å². The van der Waals surface area contributed by atoms with Gasteiger partial charge in [-0.25, -0.2) is 9.97 Å². The van der Waals surface area contributed by atoms with Crippen molar-refractivity contribution in [1.82, 2.24) is 19.4 Å². The van der Waals surface area contributed by atoms with E-state index in [0.717, 1.165) is 86.5 Å². The molecule has 2 aliphatic rings. The number of aliphatic hydroxyl groups excluding tert-OH is 2. The van der Waals surface area contributed by atoms with Gasteiger partial charge in [-0.3, -0.25) is 0 Å². The van der Waals surface area contributed by atoms with Crippen LogP contribution in [-0.4, -0.2) is 82.0 Å². The zero-order valence-electron chi connectivity index (χ0n) is 21.9. The molecule has 10 nitrogen and oxygen atoms in total. The predicted octanol–water partition coefficient (Wildman–Crippen LogP) is 3.23. The van der Waals surface area contributed by atoms with E-state index in [-0.39, 0.29) is 12.7 Å². The second-order valence-electron chi connectivity index (χ2n) is 9.99. The summed E-state index contributed by atoms with van der Waals surface area (Å²) in [5, 5.41) is 20.2. The lowest BCUT2D eigenvalue weighted by molar-refractivity contribution is 0.145. The van der Waals surface area contributed by atoms with Gasteiger partial charge in [-0.05, 0) is 42.7 Å². The Balaban J connectivity index is 1.16. The highest BCUT2D eigenvalue weighted by Gasteiger charge is 2.23. The molecular weight excluding hydrogens is 518 g/mol. The molecule has 204 valence electrons. The maximum atomic E-state index is 9.91. The van der Waals surface area contributed by atoms with Crippen LogP contribution in [0.5, 0.6) is 5.75 Å². The predicted molar refractivity (Wildman–Crippen MR) is 152 cm³/mol. The number of piperidine rings is 1. The van der Waals surface area contributed by atoms with Crippen molar-refractivity contribution in [1.29, 1.82) is 0 Å². The summed E-state index contributed by atoms with van der Waals surface area (Å²) in [6.45, 7) is 4.85. The molecule has 0 saturated carbocycles. The lowest BCUT2D eigenvalue weighted by Crippen LogP contribution is -2.47. The Bertz CT molecular complexity index is 1460. The van der Waals surface area contributed by atoms with E-state index < -0.39 is 0 Å². The summed E-state index contributed by atoms with van der Waals surface area (Å²) in [5.74, 6) is 2.21. The third-order valence-corrected chi connectivity index (χ3v) is 7.91. The number of nitrogens with zero attached hydrogens (tertiary/aromatic N) is 7. The Morgan fingerprint density at radius 3 is 2.49 bits per heavy atom. The largest absolute Gasteiger partial charge is 0.495 e. The number of aromatic nitrogens is 4. The first-order valence-electron chi connectivity index (χ1n) is 13.2. The number of halogens is 1. The van der Waals surface area contributed by atoms with Crippen LogP contribution in [0.3, 0.4) is 0 Å². The third-order valence-electron chi connectivity index (χ3n) is 7.61. The maximum absolute atomic E-state index is 9.91.